The van der Waals surface area contributed by atoms with E-state index in [4.69, 9.17) is 10.2 Å². The summed E-state index contributed by atoms with van der Waals surface area (Å²) in [5.74, 6) is 0.848. The highest BCUT2D eigenvalue weighted by Crippen LogP contribution is 2.16. The molecule has 2 N–H and O–H groups in total. The monoisotopic (exact) mass is 292 g/mol. The predicted molar refractivity (Wildman–Crippen MR) is 80.1 cm³/mol. The largest absolute Gasteiger partial charge is 0.467 e. The first-order chi connectivity index (χ1) is 9.58. The predicted octanol–water partition coefficient (Wildman–Crippen LogP) is 2.85. The Kier molecular flexibility index (Phi) is 4.98. The summed E-state index contributed by atoms with van der Waals surface area (Å²) in [4.78, 5) is 15.4. The van der Waals surface area contributed by atoms with E-state index in [0.717, 1.165) is 10.6 Å². The van der Waals surface area contributed by atoms with Crippen LogP contribution in [-0.2, 0) is 17.9 Å². The summed E-state index contributed by atoms with van der Waals surface area (Å²) >= 11 is 1.64. The average molecular weight is 292 g/mol. The number of amides is 1. The van der Waals surface area contributed by atoms with E-state index in [9.17, 15) is 4.79 Å². The summed E-state index contributed by atoms with van der Waals surface area (Å²) in [5.41, 5.74) is 6.00. The van der Waals surface area contributed by atoms with Crippen LogP contribution in [0, 0.1) is 5.92 Å². The summed E-state index contributed by atoms with van der Waals surface area (Å²) in [6, 6.07) is 7.22. The molecule has 0 aliphatic carbocycles. The van der Waals surface area contributed by atoms with Gasteiger partial charge >= 0.3 is 0 Å². The third kappa shape index (κ3) is 3.71. The Hall–Kier alpha value is -1.59. The molecule has 2 aromatic heterocycles. The molecule has 1 atom stereocenters. The molecule has 0 bridgehead atoms. The summed E-state index contributed by atoms with van der Waals surface area (Å²) in [6.45, 7) is 4.93. The minimum absolute atomic E-state index is 0.0372. The zero-order valence-corrected chi connectivity index (χ0v) is 12.6. The summed E-state index contributed by atoms with van der Waals surface area (Å²) in [7, 11) is 0. The van der Waals surface area contributed by atoms with E-state index >= 15 is 0 Å². The fraction of sp³-hybridized carbons (Fsp3) is 0.400. The molecule has 0 fully saturated rings. The highest BCUT2D eigenvalue weighted by Gasteiger charge is 2.24. The molecule has 0 radical (unpaired) electrons. The third-order valence-electron chi connectivity index (χ3n) is 3.17. The third-order valence-corrected chi connectivity index (χ3v) is 4.03. The Morgan fingerprint density at radius 1 is 1.35 bits per heavy atom. The van der Waals surface area contributed by atoms with Crippen molar-refractivity contribution in [2.75, 3.05) is 0 Å². The number of nitrogens with zero attached hydrogens (tertiary/aromatic N) is 1. The molecule has 0 spiro atoms. The maximum absolute atomic E-state index is 12.5. The first-order valence-corrected chi connectivity index (χ1v) is 7.55. The van der Waals surface area contributed by atoms with Crippen LogP contribution in [0.5, 0.6) is 0 Å². The average Bonchev–Trinajstić information content (AvgIpc) is 3.09. The van der Waals surface area contributed by atoms with Gasteiger partial charge in [-0.2, -0.15) is 0 Å². The minimum atomic E-state index is -0.482. The van der Waals surface area contributed by atoms with Gasteiger partial charge in [0, 0.05) is 4.88 Å². The van der Waals surface area contributed by atoms with Crippen LogP contribution < -0.4 is 5.73 Å². The van der Waals surface area contributed by atoms with Crippen LogP contribution in [0.1, 0.15) is 24.5 Å². The second-order valence-electron chi connectivity index (χ2n) is 5.12. The maximum atomic E-state index is 12.5. The second kappa shape index (κ2) is 6.72. The molecule has 0 unspecified atom stereocenters. The van der Waals surface area contributed by atoms with Gasteiger partial charge in [-0.25, -0.2) is 0 Å². The number of hydrogen-bond donors (Lipinski definition) is 1. The Morgan fingerprint density at radius 2 is 2.15 bits per heavy atom. The van der Waals surface area contributed by atoms with Crippen LogP contribution >= 0.6 is 11.3 Å². The summed E-state index contributed by atoms with van der Waals surface area (Å²) in [6.07, 6.45) is 1.62. The molecule has 108 valence electrons. The van der Waals surface area contributed by atoms with Crippen molar-refractivity contribution in [3.63, 3.8) is 0 Å². The molecule has 5 heteroatoms. The SMILES string of the molecule is CC(C)[C@H](N)C(=O)N(Cc1ccco1)Cc1cccs1. The summed E-state index contributed by atoms with van der Waals surface area (Å²) in [5, 5.41) is 2.01. The Labute approximate surface area is 123 Å². The van der Waals surface area contributed by atoms with Gasteiger partial charge in [0.15, 0.2) is 0 Å². The molecule has 0 saturated carbocycles. The van der Waals surface area contributed by atoms with Crippen LogP contribution in [0.4, 0.5) is 0 Å². The van der Waals surface area contributed by atoms with E-state index in [0.29, 0.717) is 13.1 Å². The lowest BCUT2D eigenvalue weighted by atomic mass is 10.0. The van der Waals surface area contributed by atoms with Gasteiger partial charge in [0.1, 0.15) is 5.76 Å². The molecular weight excluding hydrogens is 272 g/mol. The normalized spacial score (nSPS) is 12.6. The number of hydrogen-bond acceptors (Lipinski definition) is 4. The lowest BCUT2D eigenvalue weighted by Gasteiger charge is -2.26. The van der Waals surface area contributed by atoms with Crippen molar-refractivity contribution >= 4 is 17.2 Å². The van der Waals surface area contributed by atoms with Crippen molar-refractivity contribution < 1.29 is 9.21 Å². The van der Waals surface area contributed by atoms with Crippen molar-refractivity contribution in [2.24, 2.45) is 11.7 Å². The molecular formula is C15H20N2O2S. The van der Waals surface area contributed by atoms with E-state index in [1.54, 1.807) is 22.5 Å². The lowest BCUT2D eigenvalue weighted by molar-refractivity contribution is -0.135. The van der Waals surface area contributed by atoms with Gasteiger partial charge in [-0.3, -0.25) is 4.79 Å². The van der Waals surface area contributed by atoms with E-state index in [-0.39, 0.29) is 11.8 Å². The zero-order chi connectivity index (χ0) is 14.5. The minimum Gasteiger partial charge on any atom is -0.467 e. The Bertz CT molecular complexity index is 484. The number of carbonyl (C=O) groups is 1. The molecule has 20 heavy (non-hydrogen) atoms. The van der Waals surface area contributed by atoms with Gasteiger partial charge in [0.25, 0.3) is 0 Å². The van der Waals surface area contributed by atoms with Gasteiger partial charge in [-0.05, 0) is 29.5 Å². The van der Waals surface area contributed by atoms with E-state index in [2.05, 4.69) is 0 Å². The molecule has 0 aromatic carbocycles. The van der Waals surface area contributed by atoms with Crippen LogP contribution in [0.15, 0.2) is 40.3 Å². The van der Waals surface area contributed by atoms with Crippen LogP contribution in [0.25, 0.3) is 0 Å². The molecule has 4 nitrogen and oxygen atoms in total. The Morgan fingerprint density at radius 3 is 2.70 bits per heavy atom. The van der Waals surface area contributed by atoms with Crippen molar-refractivity contribution in [3.05, 3.63) is 46.5 Å². The van der Waals surface area contributed by atoms with Crippen molar-refractivity contribution in [1.29, 1.82) is 0 Å². The second-order valence-corrected chi connectivity index (χ2v) is 6.16. The van der Waals surface area contributed by atoms with Crippen LogP contribution in [0.3, 0.4) is 0 Å². The van der Waals surface area contributed by atoms with Crippen LogP contribution in [0.2, 0.25) is 0 Å². The van der Waals surface area contributed by atoms with E-state index in [1.165, 1.54) is 0 Å². The highest BCUT2D eigenvalue weighted by atomic mass is 32.1. The highest BCUT2D eigenvalue weighted by molar-refractivity contribution is 7.09. The van der Waals surface area contributed by atoms with Gasteiger partial charge in [-0.15, -0.1) is 11.3 Å². The smallest absolute Gasteiger partial charge is 0.240 e. The molecule has 0 aliphatic heterocycles. The molecule has 2 heterocycles. The zero-order valence-electron chi connectivity index (χ0n) is 11.8. The number of thiophene rings is 1. The number of nitrogens with two attached hydrogens (primary N) is 1. The molecule has 2 aromatic rings. The maximum Gasteiger partial charge on any atom is 0.240 e. The summed E-state index contributed by atoms with van der Waals surface area (Å²) < 4.78 is 5.34. The van der Waals surface area contributed by atoms with E-state index in [1.807, 2.05) is 43.5 Å². The fourth-order valence-electron chi connectivity index (χ4n) is 1.89. The lowest BCUT2D eigenvalue weighted by Crippen LogP contribution is -2.45. The fourth-order valence-corrected chi connectivity index (χ4v) is 2.61. The molecule has 2 rings (SSSR count). The van der Waals surface area contributed by atoms with E-state index < -0.39 is 6.04 Å². The number of rotatable bonds is 6. The standard InChI is InChI=1S/C15H20N2O2S/c1-11(2)14(16)15(18)17(9-12-5-3-7-19-12)10-13-6-4-8-20-13/h3-8,11,14H,9-10,16H2,1-2H3/t14-/m0/s1. The molecule has 0 saturated heterocycles. The quantitative estimate of drug-likeness (QED) is 0.890. The van der Waals surface area contributed by atoms with Crippen LogP contribution in [-0.4, -0.2) is 16.8 Å². The first kappa shape index (κ1) is 14.8. The van der Waals surface area contributed by atoms with Gasteiger partial charge in [0.2, 0.25) is 5.91 Å². The van der Waals surface area contributed by atoms with Crippen molar-refractivity contribution in [2.45, 2.75) is 33.0 Å². The number of furan rings is 1. The molecule has 0 aliphatic rings. The molecule has 1 amide bonds. The van der Waals surface area contributed by atoms with Crippen molar-refractivity contribution in [1.82, 2.24) is 4.90 Å². The Balaban J connectivity index is 2.12. The topological polar surface area (TPSA) is 59.5 Å². The first-order valence-electron chi connectivity index (χ1n) is 6.67. The van der Waals surface area contributed by atoms with Gasteiger partial charge in [-0.1, -0.05) is 19.9 Å². The number of carbonyl (C=O) groups excluding carboxylic acids is 1. The van der Waals surface area contributed by atoms with Crippen molar-refractivity contribution in [3.8, 4) is 0 Å². The van der Waals surface area contributed by atoms with Gasteiger partial charge in [0.05, 0.1) is 25.4 Å². The van der Waals surface area contributed by atoms with Gasteiger partial charge < -0.3 is 15.1 Å².